The van der Waals surface area contributed by atoms with Gasteiger partial charge in [0.15, 0.2) is 12.6 Å². The largest absolute Gasteiger partial charge is 0.394 e. The molecular weight excluding hydrogens is 1110 g/mol. The van der Waals surface area contributed by atoms with E-state index in [0.29, 0.717) is 12.8 Å². The molecule has 2 fully saturated rings. The van der Waals surface area contributed by atoms with E-state index in [9.17, 15) is 45.6 Å². The van der Waals surface area contributed by atoms with Gasteiger partial charge in [0.25, 0.3) is 0 Å². The molecule has 0 bridgehead atoms. The maximum Gasteiger partial charge on any atom is 0.220 e. The third kappa shape index (κ3) is 42.9. The fraction of sp³-hybridized carbons (Fsp3) is 0.959. The lowest BCUT2D eigenvalue weighted by Gasteiger charge is -2.46. The fourth-order valence-corrected chi connectivity index (χ4v) is 12.9. The summed E-state index contributed by atoms with van der Waals surface area (Å²) in [7, 11) is 0. The van der Waals surface area contributed by atoms with Gasteiger partial charge in [-0.15, -0.1) is 0 Å². The second-order valence-electron chi connectivity index (χ2n) is 27.1. The van der Waals surface area contributed by atoms with Crippen LogP contribution in [0.25, 0.3) is 0 Å². The molecule has 2 aliphatic heterocycles. The summed E-state index contributed by atoms with van der Waals surface area (Å²) in [6.45, 7) is 2.90. The lowest BCUT2D eigenvalue weighted by atomic mass is 9.97. The quantitative estimate of drug-likeness (QED) is 0.0204. The van der Waals surface area contributed by atoms with E-state index >= 15 is 0 Å². The normalized spacial score (nSPS) is 23.1. The number of aliphatic hydroxyl groups is 8. The van der Waals surface area contributed by atoms with Crippen molar-refractivity contribution in [2.45, 2.75) is 434 Å². The van der Waals surface area contributed by atoms with Crippen molar-refractivity contribution in [1.29, 1.82) is 0 Å². The fourth-order valence-electron chi connectivity index (χ4n) is 12.9. The van der Waals surface area contributed by atoms with Crippen LogP contribution in [0.2, 0.25) is 0 Å². The number of hydrogen-bond acceptors (Lipinski definition) is 13. The Morgan fingerprint density at radius 1 is 0.398 bits per heavy atom. The molecule has 12 unspecified atom stereocenters. The number of carbonyl (C=O) groups excluding carboxylic acids is 1. The molecule has 14 heteroatoms. The van der Waals surface area contributed by atoms with Crippen molar-refractivity contribution in [2.24, 2.45) is 0 Å². The minimum atomic E-state index is -1.78. The average Bonchev–Trinajstić information content (AvgIpc) is 2.45. The molecule has 0 aromatic heterocycles. The van der Waals surface area contributed by atoms with E-state index in [0.717, 1.165) is 51.4 Å². The van der Waals surface area contributed by atoms with Crippen LogP contribution in [0.1, 0.15) is 361 Å². The van der Waals surface area contributed by atoms with Gasteiger partial charge in [0.2, 0.25) is 5.91 Å². The smallest absolute Gasteiger partial charge is 0.220 e. The van der Waals surface area contributed by atoms with Crippen molar-refractivity contribution in [3.05, 3.63) is 12.2 Å². The van der Waals surface area contributed by atoms with Crippen LogP contribution in [0, 0.1) is 0 Å². The van der Waals surface area contributed by atoms with Gasteiger partial charge in [-0.1, -0.05) is 328 Å². The molecule has 9 N–H and O–H groups in total. The van der Waals surface area contributed by atoms with Crippen LogP contribution in [0.3, 0.4) is 0 Å². The van der Waals surface area contributed by atoms with Crippen LogP contribution in [-0.2, 0) is 23.7 Å². The number of rotatable bonds is 64. The zero-order valence-corrected chi connectivity index (χ0v) is 57.0. The van der Waals surface area contributed by atoms with Gasteiger partial charge in [-0.05, 0) is 38.5 Å². The van der Waals surface area contributed by atoms with E-state index in [2.05, 4.69) is 31.3 Å². The lowest BCUT2D eigenvalue weighted by Crippen LogP contribution is -2.65. The second-order valence-corrected chi connectivity index (χ2v) is 27.1. The summed E-state index contributed by atoms with van der Waals surface area (Å²) >= 11 is 0. The highest BCUT2D eigenvalue weighted by Crippen LogP contribution is 2.30. The van der Waals surface area contributed by atoms with Crippen LogP contribution < -0.4 is 5.32 Å². The molecule has 0 aliphatic carbocycles. The summed E-state index contributed by atoms with van der Waals surface area (Å²) in [4.78, 5) is 13.3. The van der Waals surface area contributed by atoms with E-state index in [4.69, 9.17) is 18.9 Å². The minimum absolute atomic E-state index is 0.199. The average molecular weight is 1250 g/mol. The molecule has 0 aromatic carbocycles. The van der Waals surface area contributed by atoms with Crippen LogP contribution >= 0.6 is 0 Å². The predicted molar refractivity (Wildman–Crippen MR) is 360 cm³/mol. The van der Waals surface area contributed by atoms with Crippen LogP contribution in [-0.4, -0.2) is 140 Å². The van der Waals surface area contributed by atoms with Gasteiger partial charge in [-0.25, -0.2) is 0 Å². The Morgan fingerprint density at radius 2 is 0.716 bits per heavy atom. The molecule has 522 valence electrons. The molecule has 2 heterocycles. The minimum Gasteiger partial charge on any atom is -0.394 e. The van der Waals surface area contributed by atoms with Crippen molar-refractivity contribution < 1.29 is 64.6 Å². The number of carbonyl (C=O) groups is 1. The molecule has 2 aliphatic rings. The Hall–Kier alpha value is -1.27. The highest BCUT2D eigenvalue weighted by atomic mass is 16.7. The molecular formula is C74H143NO13. The molecule has 12 atom stereocenters. The Labute approximate surface area is 539 Å². The molecule has 88 heavy (non-hydrogen) atoms. The van der Waals surface area contributed by atoms with Crippen LogP contribution in [0.5, 0.6) is 0 Å². The van der Waals surface area contributed by atoms with Crippen LogP contribution in [0.15, 0.2) is 12.2 Å². The van der Waals surface area contributed by atoms with Crippen molar-refractivity contribution in [1.82, 2.24) is 5.32 Å². The molecule has 0 saturated carbocycles. The third-order valence-corrected chi connectivity index (χ3v) is 19.0. The van der Waals surface area contributed by atoms with Gasteiger partial charge >= 0.3 is 0 Å². The topological polar surface area (TPSA) is 228 Å². The van der Waals surface area contributed by atoms with E-state index in [-0.39, 0.29) is 12.5 Å². The summed E-state index contributed by atoms with van der Waals surface area (Å²) in [5.74, 6) is -0.199. The van der Waals surface area contributed by atoms with Crippen molar-refractivity contribution in [3.8, 4) is 0 Å². The molecule has 2 rings (SSSR count). The number of aliphatic hydroxyl groups excluding tert-OH is 8. The summed E-state index contributed by atoms with van der Waals surface area (Å²) in [6, 6.07) is -0.824. The number of nitrogens with one attached hydrogen (secondary N) is 1. The van der Waals surface area contributed by atoms with Crippen LogP contribution in [0.4, 0.5) is 0 Å². The zero-order chi connectivity index (χ0) is 63.8. The van der Waals surface area contributed by atoms with Gasteiger partial charge in [-0.2, -0.15) is 0 Å². The number of amides is 1. The first kappa shape index (κ1) is 82.8. The van der Waals surface area contributed by atoms with Gasteiger partial charge in [-0.3, -0.25) is 4.79 Å². The number of ether oxygens (including phenoxy) is 4. The highest BCUT2D eigenvalue weighted by Gasteiger charge is 2.51. The highest BCUT2D eigenvalue weighted by molar-refractivity contribution is 5.76. The Kier molecular flexibility index (Phi) is 56.0. The number of hydrogen-bond donors (Lipinski definition) is 9. The molecule has 2 saturated heterocycles. The SMILES string of the molecule is CCCCCCCCCC/C=C\CCCCCCCCCCCCCCCCCCCCCCCCCCCCCCCC(=O)NC(COC1OC(CO)C(OC2OC(CO)C(O)C(O)C2O)C(O)C1O)C(O)CCCCCCCCCCCCCCC. The summed E-state index contributed by atoms with van der Waals surface area (Å²) in [5.41, 5.74) is 0. The number of unbranched alkanes of at least 4 members (excludes halogenated alkanes) is 49. The second kappa shape index (κ2) is 59.5. The van der Waals surface area contributed by atoms with E-state index in [1.54, 1.807) is 0 Å². The molecule has 0 spiro atoms. The Balaban J connectivity index is 1.50. The lowest BCUT2D eigenvalue weighted by molar-refractivity contribution is -0.359. The summed E-state index contributed by atoms with van der Waals surface area (Å²) in [5, 5.41) is 87.4. The maximum absolute atomic E-state index is 13.3. The maximum atomic E-state index is 13.3. The van der Waals surface area contributed by atoms with Gasteiger partial charge < -0.3 is 65.1 Å². The van der Waals surface area contributed by atoms with Crippen molar-refractivity contribution in [2.75, 3.05) is 19.8 Å². The van der Waals surface area contributed by atoms with Gasteiger partial charge in [0, 0.05) is 6.42 Å². The first-order valence-corrected chi connectivity index (χ1v) is 37.9. The molecule has 14 nitrogen and oxygen atoms in total. The monoisotopic (exact) mass is 1250 g/mol. The number of allylic oxidation sites excluding steroid dienone is 2. The van der Waals surface area contributed by atoms with Gasteiger partial charge in [0.05, 0.1) is 32.0 Å². The van der Waals surface area contributed by atoms with Crippen molar-refractivity contribution >= 4 is 5.91 Å². The van der Waals surface area contributed by atoms with Gasteiger partial charge in [0.1, 0.15) is 48.8 Å². The van der Waals surface area contributed by atoms with E-state index < -0.39 is 86.8 Å². The summed E-state index contributed by atoms with van der Waals surface area (Å²) < 4.78 is 22.9. The van der Waals surface area contributed by atoms with E-state index in [1.165, 1.54) is 283 Å². The molecule has 0 radical (unpaired) electrons. The van der Waals surface area contributed by atoms with Crippen molar-refractivity contribution in [3.63, 3.8) is 0 Å². The first-order valence-electron chi connectivity index (χ1n) is 37.9. The summed E-state index contributed by atoms with van der Waals surface area (Å²) in [6.07, 6.45) is 57.1. The van der Waals surface area contributed by atoms with E-state index in [1.807, 2.05) is 0 Å². The first-order chi connectivity index (χ1) is 43.1. The third-order valence-electron chi connectivity index (χ3n) is 19.0. The standard InChI is InChI=1S/C74H143NO13/c1-3-5-7-9-11-13-15-17-18-19-20-21-22-23-24-25-26-27-28-29-30-31-32-33-34-35-36-37-38-39-40-41-42-43-44-46-48-50-52-54-56-58-66(79)75-62(63(78)57-55-53-51-49-47-45-16-14-12-10-8-6-4-2)61-85-73-71(84)69(82)72(65(60-77)87-73)88-74-70(83)68(81)67(80)64(59-76)86-74/h19-20,62-65,67-74,76-78,80-84H,3-18,21-61H2,1-2H3,(H,75,79)/b20-19-. The molecule has 1 amide bonds. The zero-order valence-electron chi connectivity index (χ0n) is 57.0. The predicted octanol–water partition coefficient (Wildman–Crippen LogP) is 16.1. The molecule has 0 aromatic rings. The Bertz CT molecular complexity index is 1520. The Morgan fingerprint density at radius 3 is 1.08 bits per heavy atom.